The van der Waals surface area contributed by atoms with Crippen LogP contribution in [0.2, 0.25) is 0 Å². The molecule has 0 radical (unpaired) electrons. The first-order valence-corrected chi connectivity index (χ1v) is 6.38. The molecule has 1 rings (SSSR count). The molecule has 114 valence electrons. The van der Waals surface area contributed by atoms with Gasteiger partial charge < -0.3 is 24.4 Å². The van der Waals surface area contributed by atoms with Gasteiger partial charge in [-0.2, -0.15) is 0 Å². The predicted molar refractivity (Wildman–Crippen MR) is 74.5 cm³/mol. The Balaban J connectivity index is 2.48. The molecule has 0 heterocycles. The highest BCUT2D eigenvalue weighted by Crippen LogP contribution is 2.12. The highest BCUT2D eigenvalue weighted by Gasteiger charge is 2.19. The van der Waals surface area contributed by atoms with E-state index in [-0.39, 0.29) is 13.2 Å². The van der Waals surface area contributed by atoms with Crippen molar-refractivity contribution in [2.24, 2.45) is 0 Å². The number of hydrogen-bond donors (Lipinski definition) is 2. The number of methoxy groups -OCH3 is 1. The van der Waals surface area contributed by atoms with Crippen molar-refractivity contribution in [2.75, 3.05) is 20.3 Å². The van der Waals surface area contributed by atoms with Crippen LogP contribution in [-0.4, -0.2) is 42.5 Å². The number of rotatable bonds is 6. The van der Waals surface area contributed by atoms with E-state index >= 15 is 0 Å². The fraction of sp³-hybridized carbons (Fsp3) is 0.400. The summed E-state index contributed by atoms with van der Waals surface area (Å²) < 4.78 is 14.6. The third kappa shape index (κ3) is 6.27. The Morgan fingerprint density at radius 2 is 1.95 bits per heavy atom. The van der Waals surface area contributed by atoms with E-state index in [1.54, 1.807) is 24.3 Å². The monoisotopic (exact) mass is 294 g/mol. The smallest absolute Gasteiger partial charge is 0.348 e. The number of carbonyl (C=O) groups is 1. The molecule has 0 aromatic heterocycles. The standard InChI is InChI=1S/C15H18O6/c1-3-10-21-15(17,18)9-4-11-20-13-7-5-12(6-8-13)14(16)19-2/h5-8,17-18H,3,10-11H2,1-2H3. The van der Waals surface area contributed by atoms with Gasteiger partial charge in [-0.1, -0.05) is 12.8 Å². The summed E-state index contributed by atoms with van der Waals surface area (Å²) in [5.41, 5.74) is 0.411. The zero-order chi connectivity index (χ0) is 15.7. The van der Waals surface area contributed by atoms with E-state index in [4.69, 9.17) is 9.47 Å². The molecule has 6 heteroatoms. The van der Waals surface area contributed by atoms with E-state index in [0.29, 0.717) is 17.7 Å². The molecule has 0 amide bonds. The molecule has 0 aliphatic rings. The molecule has 0 atom stereocenters. The summed E-state index contributed by atoms with van der Waals surface area (Å²) in [5.74, 6) is 2.18. The van der Waals surface area contributed by atoms with E-state index in [1.807, 2.05) is 6.92 Å². The van der Waals surface area contributed by atoms with Gasteiger partial charge in [0.1, 0.15) is 12.4 Å². The molecule has 0 saturated carbocycles. The van der Waals surface area contributed by atoms with Gasteiger partial charge in [0.2, 0.25) is 0 Å². The SMILES string of the molecule is CCCOC(O)(O)C#CCOc1ccc(C(=O)OC)cc1. The van der Waals surface area contributed by atoms with Gasteiger partial charge in [0, 0.05) is 0 Å². The first-order chi connectivity index (χ1) is 9.98. The highest BCUT2D eigenvalue weighted by atomic mass is 16.8. The van der Waals surface area contributed by atoms with Crippen molar-refractivity contribution in [1.82, 2.24) is 0 Å². The Morgan fingerprint density at radius 3 is 2.52 bits per heavy atom. The maximum absolute atomic E-state index is 11.2. The summed E-state index contributed by atoms with van der Waals surface area (Å²) >= 11 is 0. The Bertz CT molecular complexity index is 509. The Kier molecular flexibility index (Phi) is 6.69. The molecular formula is C15H18O6. The van der Waals surface area contributed by atoms with Gasteiger partial charge >= 0.3 is 11.9 Å². The Morgan fingerprint density at radius 1 is 1.29 bits per heavy atom. The zero-order valence-corrected chi connectivity index (χ0v) is 12.0. The largest absolute Gasteiger partial charge is 0.481 e. The van der Waals surface area contributed by atoms with Crippen molar-refractivity contribution in [3.63, 3.8) is 0 Å². The second-order valence-electron chi connectivity index (χ2n) is 4.06. The Hall–Kier alpha value is -2.07. The molecule has 0 aliphatic carbocycles. The minimum atomic E-state index is -2.46. The number of carbonyl (C=O) groups excluding carboxylic acids is 1. The molecule has 6 nitrogen and oxygen atoms in total. The van der Waals surface area contributed by atoms with Gasteiger partial charge in [-0.05, 0) is 36.6 Å². The lowest BCUT2D eigenvalue weighted by molar-refractivity contribution is -0.295. The first-order valence-electron chi connectivity index (χ1n) is 6.38. The highest BCUT2D eigenvalue weighted by molar-refractivity contribution is 5.89. The van der Waals surface area contributed by atoms with Gasteiger partial charge in [-0.25, -0.2) is 4.79 Å². The van der Waals surface area contributed by atoms with Gasteiger partial charge in [-0.3, -0.25) is 0 Å². The van der Waals surface area contributed by atoms with Crippen LogP contribution in [0.5, 0.6) is 5.75 Å². The van der Waals surface area contributed by atoms with E-state index < -0.39 is 11.9 Å². The maximum Gasteiger partial charge on any atom is 0.348 e. The molecule has 1 aromatic rings. The first kappa shape index (κ1) is 17.0. The van der Waals surface area contributed by atoms with E-state index in [1.165, 1.54) is 7.11 Å². The van der Waals surface area contributed by atoms with Crippen molar-refractivity contribution < 1.29 is 29.2 Å². The summed E-state index contributed by atoms with van der Waals surface area (Å²) in [6, 6.07) is 6.29. The number of aliphatic hydroxyl groups is 2. The zero-order valence-electron chi connectivity index (χ0n) is 12.0. The predicted octanol–water partition coefficient (Wildman–Crippen LogP) is 0.920. The van der Waals surface area contributed by atoms with Crippen molar-refractivity contribution in [3.05, 3.63) is 29.8 Å². The van der Waals surface area contributed by atoms with Crippen LogP contribution in [0.15, 0.2) is 24.3 Å². The van der Waals surface area contributed by atoms with Crippen LogP contribution in [0.1, 0.15) is 23.7 Å². The molecule has 0 aliphatic heterocycles. The van der Waals surface area contributed by atoms with Crippen molar-refractivity contribution >= 4 is 5.97 Å². The fourth-order valence-electron chi connectivity index (χ4n) is 1.36. The lowest BCUT2D eigenvalue weighted by Gasteiger charge is -2.14. The van der Waals surface area contributed by atoms with Gasteiger partial charge in [0.05, 0.1) is 19.3 Å². The lowest BCUT2D eigenvalue weighted by atomic mass is 10.2. The van der Waals surface area contributed by atoms with Crippen molar-refractivity contribution in [2.45, 2.75) is 19.3 Å². The van der Waals surface area contributed by atoms with E-state index in [2.05, 4.69) is 16.6 Å². The molecule has 21 heavy (non-hydrogen) atoms. The van der Waals surface area contributed by atoms with Crippen LogP contribution >= 0.6 is 0 Å². The average molecular weight is 294 g/mol. The second-order valence-corrected chi connectivity index (χ2v) is 4.06. The molecule has 1 aromatic carbocycles. The van der Waals surface area contributed by atoms with Crippen molar-refractivity contribution in [3.8, 4) is 17.6 Å². The molecule has 0 saturated heterocycles. The number of esters is 1. The summed E-state index contributed by atoms with van der Waals surface area (Å²) in [7, 11) is 1.30. The molecule has 0 bridgehead atoms. The summed E-state index contributed by atoms with van der Waals surface area (Å²) in [6.07, 6.45) is 0.646. The van der Waals surface area contributed by atoms with Gasteiger partial charge in [0.15, 0.2) is 0 Å². The molecule has 2 N–H and O–H groups in total. The molecule has 0 unspecified atom stereocenters. The third-order valence-electron chi connectivity index (χ3n) is 2.35. The normalized spacial score (nSPS) is 10.5. The Labute approximate surface area is 123 Å². The summed E-state index contributed by atoms with van der Waals surface area (Å²) in [5, 5.41) is 18.6. The van der Waals surface area contributed by atoms with Crippen LogP contribution < -0.4 is 4.74 Å². The second kappa shape index (κ2) is 8.27. The van der Waals surface area contributed by atoms with Crippen LogP contribution in [0.25, 0.3) is 0 Å². The fourth-order valence-corrected chi connectivity index (χ4v) is 1.36. The van der Waals surface area contributed by atoms with Gasteiger partial charge in [-0.15, -0.1) is 0 Å². The third-order valence-corrected chi connectivity index (χ3v) is 2.35. The topological polar surface area (TPSA) is 85.2 Å². The van der Waals surface area contributed by atoms with Crippen LogP contribution in [0, 0.1) is 11.8 Å². The minimum Gasteiger partial charge on any atom is -0.481 e. The van der Waals surface area contributed by atoms with E-state index in [0.717, 1.165) is 0 Å². The lowest BCUT2D eigenvalue weighted by Crippen LogP contribution is -2.30. The van der Waals surface area contributed by atoms with Gasteiger partial charge in [0.25, 0.3) is 0 Å². The van der Waals surface area contributed by atoms with Crippen LogP contribution in [-0.2, 0) is 9.47 Å². The summed E-state index contributed by atoms with van der Waals surface area (Å²) in [4.78, 5) is 11.2. The quantitative estimate of drug-likeness (QED) is 0.461. The van der Waals surface area contributed by atoms with Crippen LogP contribution in [0.3, 0.4) is 0 Å². The molecule has 0 fully saturated rings. The van der Waals surface area contributed by atoms with Crippen LogP contribution in [0.4, 0.5) is 0 Å². The number of ether oxygens (including phenoxy) is 3. The molecule has 0 spiro atoms. The summed E-state index contributed by atoms with van der Waals surface area (Å²) in [6.45, 7) is 1.98. The van der Waals surface area contributed by atoms with Crippen molar-refractivity contribution in [1.29, 1.82) is 0 Å². The number of benzene rings is 1. The maximum atomic E-state index is 11.2. The average Bonchev–Trinajstić information content (AvgIpc) is 2.49. The van der Waals surface area contributed by atoms with E-state index in [9.17, 15) is 15.0 Å². The molecular weight excluding hydrogens is 276 g/mol. The minimum absolute atomic E-state index is 0.0457. The number of hydrogen-bond acceptors (Lipinski definition) is 6.